The molecule has 0 spiro atoms. The van der Waals surface area contributed by atoms with E-state index in [1.54, 1.807) is 0 Å². The van der Waals surface area contributed by atoms with Crippen LogP contribution in [0.15, 0.2) is 18.2 Å². The molecule has 1 aliphatic heterocycles. The van der Waals surface area contributed by atoms with E-state index in [1.165, 1.54) is 18.2 Å². The van der Waals surface area contributed by atoms with Crippen molar-refractivity contribution in [2.24, 2.45) is 0 Å². The molecule has 1 fully saturated rings. The maximum absolute atomic E-state index is 13.5. The monoisotopic (exact) mass is 254 g/mol. The minimum Gasteiger partial charge on any atom is -0.315 e. The van der Waals surface area contributed by atoms with Crippen LogP contribution in [0, 0.1) is 11.6 Å². The second kappa shape index (κ2) is 6.25. The van der Waals surface area contributed by atoms with Crippen molar-refractivity contribution in [1.82, 2.24) is 10.6 Å². The van der Waals surface area contributed by atoms with Crippen LogP contribution in [0.1, 0.15) is 25.3 Å². The highest BCUT2D eigenvalue weighted by molar-refractivity contribution is 5.20. The molecule has 0 aromatic heterocycles. The first kappa shape index (κ1) is 13.4. The quantitative estimate of drug-likeness (QED) is 0.861. The Kier molecular flexibility index (Phi) is 4.66. The first-order valence-electron chi connectivity index (χ1n) is 6.56. The third-order valence-electron chi connectivity index (χ3n) is 3.39. The smallest absolute Gasteiger partial charge is 0.129 e. The predicted molar refractivity (Wildman–Crippen MR) is 68.6 cm³/mol. The molecule has 0 saturated carbocycles. The second-order valence-electron chi connectivity index (χ2n) is 5.02. The summed E-state index contributed by atoms with van der Waals surface area (Å²) in [6.45, 7) is 3.97. The van der Waals surface area contributed by atoms with E-state index in [-0.39, 0.29) is 11.6 Å². The second-order valence-corrected chi connectivity index (χ2v) is 5.02. The van der Waals surface area contributed by atoms with Crippen molar-refractivity contribution in [1.29, 1.82) is 0 Å². The molecule has 1 heterocycles. The van der Waals surface area contributed by atoms with E-state index >= 15 is 0 Å². The van der Waals surface area contributed by atoms with Crippen LogP contribution < -0.4 is 10.6 Å². The topological polar surface area (TPSA) is 24.1 Å². The van der Waals surface area contributed by atoms with Crippen molar-refractivity contribution < 1.29 is 8.78 Å². The molecule has 1 aromatic carbocycles. The Bertz CT molecular complexity index is 369. The summed E-state index contributed by atoms with van der Waals surface area (Å²) in [4.78, 5) is 0. The molecule has 100 valence electrons. The van der Waals surface area contributed by atoms with Gasteiger partial charge in [-0.1, -0.05) is 6.07 Å². The maximum Gasteiger partial charge on any atom is 0.129 e. The van der Waals surface area contributed by atoms with E-state index in [0.29, 0.717) is 12.5 Å². The molecule has 1 aliphatic rings. The first-order chi connectivity index (χ1) is 8.66. The highest BCUT2D eigenvalue weighted by Crippen LogP contribution is 2.14. The van der Waals surface area contributed by atoms with Gasteiger partial charge in [0, 0.05) is 24.2 Å². The number of piperidine rings is 1. The highest BCUT2D eigenvalue weighted by Gasteiger charge is 2.17. The van der Waals surface area contributed by atoms with Gasteiger partial charge in [-0.3, -0.25) is 0 Å². The molecular weight excluding hydrogens is 234 g/mol. The minimum absolute atomic E-state index is 0.0706. The fourth-order valence-electron chi connectivity index (χ4n) is 2.49. The molecule has 2 atom stereocenters. The first-order valence-corrected chi connectivity index (χ1v) is 6.56. The van der Waals surface area contributed by atoms with Gasteiger partial charge < -0.3 is 10.6 Å². The summed E-state index contributed by atoms with van der Waals surface area (Å²) in [5.41, 5.74) is 0.182. The Morgan fingerprint density at radius 1 is 1.39 bits per heavy atom. The van der Waals surface area contributed by atoms with Crippen LogP contribution in [0.5, 0.6) is 0 Å². The van der Waals surface area contributed by atoms with E-state index in [4.69, 9.17) is 0 Å². The summed E-state index contributed by atoms with van der Waals surface area (Å²) in [6, 6.07) is 4.50. The number of halogens is 2. The van der Waals surface area contributed by atoms with E-state index in [1.807, 2.05) is 6.92 Å². The number of benzene rings is 1. The molecule has 2 unspecified atom stereocenters. The van der Waals surface area contributed by atoms with Gasteiger partial charge in [-0.15, -0.1) is 0 Å². The van der Waals surface area contributed by atoms with Crippen LogP contribution in [-0.2, 0) is 6.42 Å². The van der Waals surface area contributed by atoms with Crippen molar-refractivity contribution in [3.05, 3.63) is 35.4 Å². The van der Waals surface area contributed by atoms with Crippen molar-refractivity contribution in [3.63, 3.8) is 0 Å². The average molecular weight is 254 g/mol. The number of rotatable bonds is 4. The van der Waals surface area contributed by atoms with Gasteiger partial charge in [0.15, 0.2) is 0 Å². The Balaban J connectivity index is 1.92. The molecule has 18 heavy (non-hydrogen) atoms. The fourth-order valence-corrected chi connectivity index (χ4v) is 2.49. The van der Waals surface area contributed by atoms with Crippen LogP contribution in [0.4, 0.5) is 8.78 Å². The van der Waals surface area contributed by atoms with Gasteiger partial charge in [-0.25, -0.2) is 8.78 Å². The zero-order valence-electron chi connectivity index (χ0n) is 10.7. The molecule has 4 heteroatoms. The van der Waals surface area contributed by atoms with Gasteiger partial charge in [-0.2, -0.15) is 0 Å². The average Bonchev–Trinajstić information content (AvgIpc) is 2.35. The Morgan fingerprint density at radius 3 is 2.72 bits per heavy atom. The van der Waals surface area contributed by atoms with Gasteiger partial charge in [-0.05, 0) is 44.9 Å². The molecule has 0 radical (unpaired) electrons. The van der Waals surface area contributed by atoms with Gasteiger partial charge >= 0.3 is 0 Å². The van der Waals surface area contributed by atoms with E-state index < -0.39 is 11.6 Å². The lowest BCUT2D eigenvalue weighted by Crippen LogP contribution is -2.47. The highest BCUT2D eigenvalue weighted by atomic mass is 19.1. The molecule has 2 nitrogen and oxygen atoms in total. The van der Waals surface area contributed by atoms with Crippen LogP contribution in [0.2, 0.25) is 0 Å². The molecule has 2 rings (SSSR count). The van der Waals surface area contributed by atoms with E-state index in [0.717, 1.165) is 25.9 Å². The summed E-state index contributed by atoms with van der Waals surface area (Å²) in [6.07, 6.45) is 2.66. The lowest BCUT2D eigenvalue weighted by Gasteiger charge is -2.27. The van der Waals surface area contributed by atoms with E-state index in [2.05, 4.69) is 10.6 Å². The normalized spacial score (nSPS) is 21.8. The Labute approximate surface area is 107 Å². The van der Waals surface area contributed by atoms with Crippen LogP contribution in [0.3, 0.4) is 0 Å². The third kappa shape index (κ3) is 3.50. The molecule has 0 aliphatic carbocycles. The summed E-state index contributed by atoms with van der Waals surface area (Å²) in [5.74, 6) is -0.907. The lowest BCUT2D eigenvalue weighted by molar-refractivity contribution is 0.354. The van der Waals surface area contributed by atoms with Crippen LogP contribution in [-0.4, -0.2) is 25.2 Å². The Morgan fingerprint density at radius 2 is 2.11 bits per heavy atom. The molecule has 0 bridgehead atoms. The predicted octanol–water partition coefficient (Wildman–Crippen LogP) is 2.24. The number of hydrogen-bond acceptors (Lipinski definition) is 2. The minimum atomic E-state index is -0.453. The number of hydrogen-bond donors (Lipinski definition) is 2. The zero-order chi connectivity index (χ0) is 13.0. The SMILES string of the molecule is CC(Cc1c(F)cccc1F)NC1CCCNC1. The standard InChI is InChI=1S/C14H20F2N2/c1-10(18-11-4-3-7-17-9-11)8-12-13(15)5-2-6-14(12)16/h2,5-6,10-11,17-18H,3-4,7-9H2,1H3. The van der Waals surface area contributed by atoms with Crippen molar-refractivity contribution in [2.75, 3.05) is 13.1 Å². The molecule has 1 saturated heterocycles. The van der Waals surface area contributed by atoms with E-state index in [9.17, 15) is 8.78 Å². The summed E-state index contributed by atoms with van der Waals surface area (Å²) in [5, 5.41) is 6.74. The maximum atomic E-state index is 13.5. The van der Waals surface area contributed by atoms with Crippen molar-refractivity contribution in [2.45, 2.75) is 38.3 Å². The zero-order valence-corrected chi connectivity index (χ0v) is 10.7. The largest absolute Gasteiger partial charge is 0.315 e. The van der Waals surface area contributed by atoms with Gasteiger partial charge in [0.05, 0.1) is 0 Å². The molecule has 2 N–H and O–H groups in total. The number of nitrogens with one attached hydrogen (secondary N) is 2. The lowest BCUT2D eigenvalue weighted by atomic mass is 10.0. The van der Waals surface area contributed by atoms with Gasteiger partial charge in [0.1, 0.15) is 11.6 Å². The molecule has 1 aromatic rings. The summed E-state index contributed by atoms with van der Waals surface area (Å²) < 4.78 is 27.0. The fraction of sp³-hybridized carbons (Fsp3) is 0.571. The summed E-state index contributed by atoms with van der Waals surface area (Å²) in [7, 11) is 0. The molecule has 0 amide bonds. The van der Waals surface area contributed by atoms with Crippen molar-refractivity contribution in [3.8, 4) is 0 Å². The molecular formula is C14H20F2N2. The van der Waals surface area contributed by atoms with Gasteiger partial charge in [0.2, 0.25) is 0 Å². The summed E-state index contributed by atoms with van der Waals surface area (Å²) >= 11 is 0. The van der Waals surface area contributed by atoms with Gasteiger partial charge in [0.25, 0.3) is 0 Å². The van der Waals surface area contributed by atoms with Crippen LogP contribution in [0.25, 0.3) is 0 Å². The van der Waals surface area contributed by atoms with Crippen molar-refractivity contribution >= 4 is 0 Å². The third-order valence-corrected chi connectivity index (χ3v) is 3.39. The Hall–Kier alpha value is -1.00. The van der Waals surface area contributed by atoms with Crippen LogP contribution >= 0.6 is 0 Å².